The van der Waals surface area contributed by atoms with Crippen LogP contribution in [0.3, 0.4) is 0 Å². The zero-order valence-corrected chi connectivity index (χ0v) is 14.7. The number of nitro benzene ring substituents is 1. The molecule has 2 fully saturated rings. The van der Waals surface area contributed by atoms with E-state index in [0.29, 0.717) is 57.7 Å². The summed E-state index contributed by atoms with van der Waals surface area (Å²) in [5.74, 6) is 0.566. The Morgan fingerprint density at radius 2 is 1.68 bits per heavy atom. The van der Waals surface area contributed by atoms with Crippen molar-refractivity contribution in [2.75, 3.05) is 26.3 Å². The molecule has 0 aliphatic carbocycles. The number of non-ortho nitro benzene ring substituents is 1. The summed E-state index contributed by atoms with van der Waals surface area (Å²) in [5, 5.41) is 10.3. The number of hydrogen-bond acceptors (Lipinski definition) is 6. The fraction of sp³-hybridized carbons (Fsp3) is 0.625. The molecule has 0 amide bonds. The van der Waals surface area contributed by atoms with Gasteiger partial charge in [-0.1, -0.05) is 0 Å². The van der Waals surface area contributed by atoms with Crippen LogP contribution in [0, 0.1) is 10.1 Å². The average molecular weight is 370 g/mol. The van der Waals surface area contributed by atoms with Crippen LogP contribution in [0.1, 0.15) is 25.7 Å². The molecule has 1 aromatic carbocycles. The maximum Gasteiger partial charge on any atom is 0.269 e. The van der Waals surface area contributed by atoms with Crippen molar-refractivity contribution >= 4 is 15.7 Å². The van der Waals surface area contributed by atoms with Crippen molar-refractivity contribution in [2.24, 2.45) is 0 Å². The monoisotopic (exact) mass is 370 g/mol. The van der Waals surface area contributed by atoms with Gasteiger partial charge in [-0.25, -0.2) is 12.7 Å². The van der Waals surface area contributed by atoms with E-state index >= 15 is 0 Å². The summed E-state index contributed by atoms with van der Waals surface area (Å²) in [7, 11) is -3.27. The summed E-state index contributed by atoms with van der Waals surface area (Å²) in [5.41, 5.74) is 0.0183. The lowest BCUT2D eigenvalue weighted by Crippen LogP contribution is -2.46. The Morgan fingerprint density at radius 1 is 1.08 bits per heavy atom. The minimum absolute atomic E-state index is 0.0183. The van der Waals surface area contributed by atoms with Gasteiger partial charge in [0, 0.05) is 38.4 Å². The van der Waals surface area contributed by atoms with E-state index < -0.39 is 14.9 Å². The molecule has 1 aromatic rings. The number of rotatable bonds is 5. The Morgan fingerprint density at radius 3 is 2.24 bits per heavy atom. The molecule has 2 saturated heterocycles. The highest BCUT2D eigenvalue weighted by Gasteiger charge is 2.35. The summed E-state index contributed by atoms with van der Waals surface area (Å²) in [6, 6.07) is 5.95. The van der Waals surface area contributed by atoms with E-state index in [9.17, 15) is 18.5 Å². The zero-order chi connectivity index (χ0) is 17.9. The number of hydrogen-bond donors (Lipinski definition) is 0. The molecule has 0 saturated carbocycles. The second-order valence-corrected chi connectivity index (χ2v) is 8.54. The molecule has 0 radical (unpaired) electrons. The quantitative estimate of drug-likeness (QED) is 0.580. The first kappa shape index (κ1) is 18.1. The predicted molar refractivity (Wildman–Crippen MR) is 91.1 cm³/mol. The third kappa shape index (κ3) is 4.28. The lowest BCUT2D eigenvalue weighted by Gasteiger charge is -2.34. The van der Waals surface area contributed by atoms with Crippen LogP contribution in [-0.4, -0.2) is 55.3 Å². The molecule has 0 unspecified atom stereocenters. The molecular weight excluding hydrogens is 348 g/mol. The van der Waals surface area contributed by atoms with Crippen LogP contribution in [0.2, 0.25) is 0 Å². The first-order valence-corrected chi connectivity index (χ1v) is 9.95. The molecule has 8 nitrogen and oxygen atoms in total. The summed E-state index contributed by atoms with van der Waals surface area (Å²) in [4.78, 5) is 10.2. The second-order valence-electron chi connectivity index (χ2n) is 6.32. The van der Waals surface area contributed by atoms with Crippen molar-refractivity contribution in [2.45, 2.75) is 37.0 Å². The second kappa shape index (κ2) is 7.67. The van der Waals surface area contributed by atoms with Gasteiger partial charge in [-0.3, -0.25) is 10.1 Å². The van der Waals surface area contributed by atoms with Gasteiger partial charge in [0.25, 0.3) is 5.69 Å². The van der Waals surface area contributed by atoms with Crippen LogP contribution < -0.4 is 4.74 Å². The molecular formula is C16H22N2O6S. The van der Waals surface area contributed by atoms with E-state index in [1.54, 1.807) is 16.4 Å². The third-order valence-electron chi connectivity index (χ3n) is 4.70. The maximum absolute atomic E-state index is 12.7. The molecule has 2 aliphatic heterocycles. The van der Waals surface area contributed by atoms with Crippen molar-refractivity contribution in [3.05, 3.63) is 34.4 Å². The topological polar surface area (TPSA) is 99.0 Å². The zero-order valence-electron chi connectivity index (χ0n) is 13.9. The van der Waals surface area contributed by atoms with E-state index in [1.807, 2.05) is 0 Å². The van der Waals surface area contributed by atoms with Crippen LogP contribution in [-0.2, 0) is 14.8 Å². The lowest BCUT2D eigenvalue weighted by atomic mass is 10.1. The number of piperidine rings is 1. The number of nitro groups is 1. The largest absolute Gasteiger partial charge is 0.490 e. The van der Waals surface area contributed by atoms with E-state index in [1.165, 1.54) is 12.1 Å². The molecule has 0 atom stereocenters. The molecule has 25 heavy (non-hydrogen) atoms. The smallest absolute Gasteiger partial charge is 0.269 e. The van der Waals surface area contributed by atoms with Gasteiger partial charge in [-0.05, 0) is 37.8 Å². The fourth-order valence-electron chi connectivity index (χ4n) is 3.23. The third-order valence-corrected chi connectivity index (χ3v) is 7.10. The standard InChI is InChI=1S/C16H22N2O6S/c19-18(20)13-1-3-14(4-2-13)24-15-5-9-17(10-6-15)25(21,22)16-7-11-23-12-8-16/h1-4,15-16H,5-12H2. The average Bonchev–Trinajstić information content (AvgIpc) is 2.63. The Kier molecular flexibility index (Phi) is 5.55. The first-order chi connectivity index (χ1) is 12.0. The van der Waals surface area contributed by atoms with Gasteiger partial charge in [0.1, 0.15) is 11.9 Å². The first-order valence-electron chi connectivity index (χ1n) is 8.44. The summed E-state index contributed by atoms with van der Waals surface area (Å²) in [6.07, 6.45) is 2.25. The maximum atomic E-state index is 12.7. The van der Waals surface area contributed by atoms with Crippen LogP contribution >= 0.6 is 0 Å². The minimum atomic E-state index is -3.27. The van der Waals surface area contributed by atoms with Gasteiger partial charge in [-0.15, -0.1) is 0 Å². The van der Waals surface area contributed by atoms with Crippen LogP contribution in [0.25, 0.3) is 0 Å². The number of ether oxygens (including phenoxy) is 2. The van der Waals surface area contributed by atoms with Crippen molar-refractivity contribution < 1.29 is 22.8 Å². The Bertz CT molecular complexity index is 692. The van der Waals surface area contributed by atoms with Gasteiger partial charge in [0.2, 0.25) is 10.0 Å². The van der Waals surface area contributed by atoms with Crippen LogP contribution in [0.5, 0.6) is 5.75 Å². The molecule has 3 rings (SSSR count). The van der Waals surface area contributed by atoms with Gasteiger partial charge in [0.15, 0.2) is 0 Å². The number of sulfonamides is 1. The molecule has 0 spiro atoms. The molecule has 9 heteroatoms. The van der Waals surface area contributed by atoms with Crippen molar-refractivity contribution in [3.8, 4) is 5.75 Å². The minimum Gasteiger partial charge on any atom is -0.490 e. The van der Waals surface area contributed by atoms with E-state index in [4.69, 9.17) is 9.47 Å². The van der Waals surface area contributed by atoms with Gasteiger partial charge >= 0.3 is 0 Å². The van der Waals surface area contributed by atoms with Crippen LogP contribution in [0.15, 0.2) is 24.3 Å². The Labute approximate surface area is 146 Å². The van der Waals surface area contributed by atoms with Crippen molar-refractivity contribution in [3.63, 3.8) is 0 Å². The predicted octanol–water partition coefficient (Wildman–Crippen LogP) is 1.95. The molecule has 0 bridgehead atoms. The normalized spacial score (nSPS) is 21.1. The van der Waals surface area contributed by atoms with Gasteiger partial charge in [0.05, 0.1) is 10.2 Å². The Hall–Kier alpha value is -1.71. The molecule has 2 aliphatic rings. The van der Waals surface area contributed by atoms with Gasteiger partial charge < -0.3 is 9.47 Å². The van der Waals surface area contributed by atoms with Crippen molar-refractivity contribution in [1.29, 1.82) is 0 Å². The SMILES string of the molecule is O=[N+]([O-])c1ccc(OC2CCN(S(=O)(=O)C3CCOCC3)CC2)cc1. The lowest BCUT2D eigenvalue weighted by molar-refractivity contribution is -0.384. The summed E-state index contributed by atoms with van der Waals surface area (Å²) < 4.78 is 38.0. The highest BCUT2D eigenvalue weighted by atomic mass is 32.2. The highest BCUT2D eigenvalue weighted by molar-refractivity contribution is 7.89. The molecule has 138 valence electrons. The highest BCUT2D eigenvalue weighted by Crippen LogP contribution is 2.26. The van der Waals surface area contributed by atoms with Gasteiger partial charge in [-0.2, -0.15) is 0 Å². The summed E-state index contributed by atoms with van der Waals surface area (Å²) in [6.45, 7) is 1.89. The molecule has 0 aromatic heterocycles. The molecule has 0 N–H and O–H groups in total. The number of benzene rings is 1. The number of nitrogens with zero attached hydrogens (tertiary/aromatic N) is 2. The summed E-state index contributed by atoms with van der Waals surface area (Å²) >= 11 is 0. The molecule has 2 heterocycles. The van der Waals surface area contributed by atoms with E-state index in [-0.39, 0.29) is 17.0 Å². The van der Waals surface area contributed by atoms with E-state index in [0.717, 1.165) is 0 Å². The van der Waals surface area contributed by atoms with Crippen molar-refractivity contribution in [1.82, 2.24) is 4.31 Å². The Balaban J connectivity index is 1.53. The van der Waals surface area contributed by atoms with E-state index in [2.05, 4.69) is 0 Å². The van der Waals surface area contributed by atoms with Crippen LogP contribution in [0.4, 0.5) is 5.69 Å². The fourth-order valence-corrected chi connectivity index (χ4v) is 5.16.